The second kappa shape index (κ2) is 5.57. The summed E-state index contributed by atoms with van der Waals surface area (Å²) >= 11 is 0. The molecule has 1 atom stereocenters. The molecular weight excluding hydrogens is 261 g/mol. The summed E-state index contributed by atoms with van der Waals surface area (Å²) < 4.78 is 13.6. The van der Waals surface area contributed by atoms with Crippen molar-refractivity contribution in [2.24, 2.45) is 0 Å². The van der Waals surface area contributed by atoms with Crippen LogP contribution in [0.2, 0.25) is 0 Å². The van der Waals surface area contributed by atoms with Crippen LogP contribution in [0.4, 0.5) is 10.1 Å². The zero-order valence-electron chi connectivity index (χ0n) is 12.2. The van der Waals surface area contributed by atoms with Gasteiger partial charge in [-0.05, 0) is 42.3 Å². The number of hydrogen-bond acceptors (Lipinski definition) is 1. The Kier molecular flexibility index (Phi) is 3.61. The van der Waals surface area contributed by atoms with E-state index in [4.69, 9.17) is 0 Å². The predicted octanol–water partition coefficient (Wildman–Crippen LogP) is 5.46. The number of benzene rings is 3. The van der Waals surface area contributed by atoms with Gasteiger partial charge in [-0.1, -0.05) is 48.5 Å². The lowest BCUT2D eigenvalue weighted by Crippen LogP contribution is -2.08. The summed E-state index contributed by atoms with van der Waals surface area (Å²) in [6.45, 7) is 3.90. The normalized spacial score (nSPS) is 12.3. The van der Waals surface area contributed by atoms with Crippen LogP contribution in [0.3, 0.4) is 0 Å². The molecule has 0 aromatic heterocycles. The van der Waals surface area contributed by atoms with Gasteiger partial charge in [0.05, 0.1) is 0 Å². The van der Waals surface area contributed by atoms with Gasteiger partial charge in [-0.3, -0.25) is 0 Å². The van der Waals surface area contributed by atoms with E-state index in [2.05, 4.69) is 42.6 Å². The topological polar surface area (TPSA) is 12.0 Å². The lowest BCUT2D eigenvalue weighted by Gasteiger charge is -2.19. The van der Waals surface area contributed by atoms with E-state index in [1.54, 1.807) is 13.0 Å². The van der Waals surface area contributed by atoms with E-state index in [1.165, 1.54) is 22.4 Å². The molecule has 0 saturated heterocycles. The first-order valence-corrected chi connectivity index (χ1v) is 7.16. The van der Waals surface area contributed by atoms with Crippen LogP contribution in [0, 0.1) is 12.7 Å². The number of fused-ring (bicyclic) bond motifs is 1. The van der Waals surface area contributed by atoms with Crippen molar-refractivity contribution in [1.29, 1.82) is 0 Å². The van der Waals surface area contributed by atoms with Crippen LogP contribution in [0.15, 0.2) is 60.7 Å². The summed E-state index contributed by atoms with van der Waals surface area (Å²) in [7, 11) is 0. The lowest BCUT2D eigenvalue weighted by atomic mass is 9.99. The van der Waals surface area contributed by atoms with Gasteiger partial charge in [-0.15, -0.1) is 0 Å². The highest BCUT2D eigenvalue weighted by Gasteiger charge is 2.11. The minimum atomic E-state index is -0.176. The van der Waals surface area contributed by atoms with Gasteiger partial charge in [0.2, 0.25) is 0 Å². The van der Waals surface area contributed by atoms with Crippen molar-refractivity contribution >= 4 is 16.5 Å². The zero-order valence-corrected chi connectivity index (χ0v) is 12.2. The molecule has 1 unspecified atom stereocenters. The number of rotatable bonds is 3. The lowest BCUT2D eigenvalue weighted by molar-refractivity contribution is 0.618. The maximum atomic E-state index is 13.6. The van der Waals surface area contributed by atoms with Crippen molar-refractivity contribution in [2.45, 2.75) is 19.9 Å². The van der Waals surface area contributed by atoms with Crippen molar-refractivity contribution in [3.05, 3.63) is 77.6 Å². The first-order valence-electron chi connectivity index (χ1n) is 7.16. The maximum Gasteiger partial charge on any atom is 0.128 e. The van der Waals surface area contributed by atoms with Crippen LogP contribution in [0.1, 0.15) is 24.1 Å². The average molecular weight is 279 g/mol. The minimum Gasteiger partial charge on any atom is -0.378 e. The zero-order chi connectivity index (χ0) is 14.8. The molecule has 0 radical (unpaired) electrons. The van der Waals surface area contributed by atoms with Crippen LogP contribution in [-0.4, -0.2) is 0 Å². The Labute approximate surface area is 124 Å². The Bertz CT molecular complexity index is 774. The molecule has 1 nitrogen and oxygen atoms in total. The molecule has 0 saturated carbocycles. The summed E-state index contributed by atoms with van der Waals surface area (Å²) in [4.78, 5) is 0. The predicted molar refractivity (Wildman–Crippen MR) is 87.1 cm³/mol. The fourth-order valence-electron chi connectivity index (χ4n) is 2.70. The van der Waals surface area contributed by atoms with Crippen LogP contribution >= 0.6 is 0 Å². The quantitative estimate of drug-likeness (QED) is 0.671. The minimum absolute atomic E-state index is 0.108. The molecule has 0 aliphatic rings. The highest BCUT2D eigenvalue weighted by atomic mass is 19.1. The molecule has 3 aromatic rings. The van der Waals surface area contributed by atoms with Crippen molar-refractivity contribution in [3.8, 4) is 0 Å². The van der Waals surface area contributed by atoms with E-state index in [1.807, 2.05) is 18.2 Å². The molecule has 3 rings (SSSR count). The van der Waals surface area contributed by atoms with Crippen LogP contribution < -0.4 is 5.32 Å². The number of halogens is 1. The monoisotopic (exact) mass is 279 g/mol. The van der Waals surface area contributed by atoms with E-state index in [0.29, 0.717) is 5.56 Å². The molecule has 1 N–H and O–H groups in total. The van der Waals surface area contributed by atoms with Crippen LogP contribution in [0.25, 0.3) is 10.8 Å². The fraction of sp³-hybridized carbons (Fsp3) is 0.158. The number of nitrogens with one attached hydrogen (secondary N) is 1. The van der Waals surface area contributed by atoms with Gasteiger partial charge >= 0.3 is 0 Å². The maximum absolute atomic E-state index is 13.6. The van der Waals surface area contributed by atoms with E-state index in [-0.39, 0.29) is 11.9 Å². The Balaban J connectivity index is 1.97. The van der Waals surface area contributed by atoms with E-state index in [9.17, 15) is 4.39 Å². The van der Waals surface area contributed by atoms with Crippen molar-refractivity contribution in [1.82, 2.24) is 0 Å². The summed E-state index contributed by atoms with van der Waals surface area (Å²) in [5, 5.41) is 5.87. The Morgan fingerprint density at radius 1 is 0.905 bits per heavy atom. The molecule has 0 amide bonds. The molecule has 0 spiro atoms. The molecule has 0 heterocycles. The van der Waals surface area contributed by atoms with Crippen LogP contribution in [-0.2, 0) is 0 Å². The molecule has 0 fully saturated rings. The van der Waals surface area contributed by atoms with E-state index >= 15 is 0 Å². The van der Waals surface area contributed by atoms with E-state index in [0.717, 1.165) is 5.69 Å². The first kappa shape index (κ1) is 13.6. The van der Waals surface area contributed by atoms with Gasteiger partial charge in [0.1, 0.15) is 5.82 Å². The molecule has 106 valence electrons. The highest BCUT2D eigenvalue weighted by molar-refractivity contribution is 5.86. The second-order valence-electron chi connectivity index (χ2n) is 5.35. The molecule has 2 heteroatoms. The third kappa shape index (κ3) is 2.62. The van der Waals surface area contributed by atoms with Crippen molar-refractivity contribution in [2.75, 3.05) is 5.32 Å². The van der Waals surface area contributed by atoms with Gasteiger partial charge < -0.3 is 5.32 Å². The third-order valence-electron chi connectivity index (χ3n) is 3.93. The van der Waals surface area contributed by atoms with Gasteiger partial charge in [0.25, 0.3) is 0 Å². The summed E-state index contributed by atoms with van der Waals surface area (Å²) in [5.41, 5.74) is 2.72. The van der Waals surface area contributed by atoms with Gasteiger partial charge in [0, 0.05) is 17.3 Å². The smallest absolute Gasteiger partial charge is 0.128 e. The molecule has 0 aliphatic heterocycles. The average Bonchev–Trinajstić information content (AvgIpc) is 2.51. The van der Waals surface area contributed by atoms with Gasteiger partial charge in [-0.2, -0.15) is 0 Å². The SMILES string of the molecule is Cc1c(F)cccc1NC(C)c1cccc2ccccc12. The summed E-state index contributed by atoms with van der Waals surface area (Å²) in [5.74, 6) is -0.176. The molecule has 0 aliphatic carbocycles. The van der Waals surface area contributed by atoms with Crippen LogP contribution in [0.5, 0.6) is 0 Å². The molecule has 3 aromatic carbocycles. The van der Waals surface area contributed by atoms with Crippen molar-refractivity contribution in [3.63, 3.8) is 0 Å². The summed E-state index contributed by atoms with van der Waals surface area (Å²) in [6, 6.07) is 19.9. The summed E-state index contributed by atoms with van der Waals surface area (Å²) in [6.07, 6.45) is 0. The number of anilines is 1. The molecule has 21 heavy (non-hydrogen) atoms. The van der Waals surface area contributed by atoms with Gasteiger partial charge in [0.15, 0.2) is 0 Å². The fourth-order valence-corrected chi connectivity index (χ4v) is 2.70. The Morgan fingerprint density at radius 3 is 2.48 bits per heavy atom. The van der Waals surface area contributed by atoms with Gasteiger partial charge in [-0.25, -0.2) is 4.39 Å². The van der Waals surface area contributed by atoms with Crippen molar-refractivity contribution < 1.29 is 4.39 Å². The Morgan fingerprint density at radius 2 is 1.62 bits per heavy atom. The molecular formula is C19H18FN. The first-order chi connectivity index (χ1) is 10.2. The molecule has 0 bridgehead atoms. The largest absolute Gasteiger partial charge is 0.378 e. The Hall–Kier alpha value is -2.35. The van der Waals surface area contributed by atoms with E-state index < -0.39 is 0 Å². The number of hydrogen-bond donors (Lipinski definition) is 1. The second-order valence-corrected chi connectivity index (χ2v) is 5.35. The third-order valence-corrected chi connectivity index (χ3v) is 3.93. The standard InChI is InChI=1S/C19H18FN/c1-13-18(20)11-6-12-19(13)21-14(2)16-10-5-8-15-7-3-4-9-17(15)16/h3-12,14,21H,1-2H3. The highest BCUT2D eigenvalue weighted by Crippen LogP contribution is 2.28.